The molecule has 142 valence electrons. The molecule has 1 saturated heterocycles. The van der Waals surface area contributed by atoms with Crippen molar-refractivity contribution in [2.75, 3.05) is 19.6 Å². The van der Waals surface area contributed by atoms with E-state index in [1.807, 2.05) is 18.2 Å². The van der Waals surface area contributed by atoms with Crippen molar-refractivity contribution in [2.45, 2.75) is 58.0 Å². The topological polar surface area (TPSA) is 56.7 Å². The van der Waals surface area contributed by atoms with Gasteiger partial charge in [-0.05, 0) is 31.7 Å². The van der Waals surface area contributed by atoms with Crippen LogP contribution in [0.3, 0.4) is 0 Å². The van der Waals surface area contributed by atoms with E-state index in [4.69, 9.17) is 4.99 Å². The molecule has 0 spiro atoms. The molecule has 5 nitrogen and oxygen atoms in total. The summed E-state index contributed by atoms with van der Waals surface area (Å²) in [5, 5.41) is 6.84. The summed E-state index contributed by atoms with van der Waals surface area (Å²) in [5.41, 5.74) is 1.20. The molecule has 1 atom stereocenters. The van der Waals surface area contributed by atoms with Crippen molar-refractivity contribution in [1.82, 2.24) is 15.5 Å². The highest BCUT2D eigenvalue weighted by molar-refractivity contribution is 5.81. The lowest BCUT2D eigenvalue weighted by Crippen LogP contribution is -2.45. The molecule has 1 amide bonds. The van der Waals surface area contributed by atoms with Gasteiger partial charge in [0.25, 0.3) is 0 Å². The predicted octanol–water partition coefficient (Wildman–Crippen LogP) is 2.92. The van der Waals surface area contributed by atoms with Crippen LogP contribution in [0.4, 0.5) is 0 Å². The van der Waals surface area contributed by atoms with Crippen molar-refractivity contribution < 1.29 is 4.79 Å². The Kier molecular flexibility index (Phi) is 6.92. The van der Waals surface area contributed by atoms with E-state index in [9.17, 15) is 4.79 Å². The maximum Gasteiger partial charge on any atom is 0.225 e. The van der Waals surface area contributed by atoms with Crippen molar-refractivity contribution in [1.29, 1.82) is 0 Å². The molecule has 0 aromatic heterocycles. The Morgan fingerprint density at radius 1 is 1.15 bits per heavy atom. The number of guanidine groups is 1. The van der Waals surface area contributed by atoms with Gasteiger partial charge in [-0.25, -0.2) is 4.99 Å². The first-order valence-electron chi connectivity index (χ1n) is 10.1. The van der Waals surface area contributed by atoms with Crippen LogP contribution in [-0.4, -0.2) is 42.4 Å². The van der Waals surface area contributed by atoms with E-state index in [1.165, 1.54) is 24.8 Å². The molecule has 1 aromatic rings. The number of hydrogen-bond acceptors (Lipinski definition) is 2. The zero-order chi connectivity index (χ0) is 18.2. The Morgan fingerprint density at radius 3 is 2.65 bits per heavy atom. The summed E-state index contributed by atoms with van der Waals surface area (Å²) in [5.74, 6) is 1.48. The van der Waals surface area contributed by atoms with Gasteiger partial charge in [0.2, 0.25) is 5.91 Å². The van der Waals surface area contributed by atoms with Crippen LogP contribution in [0.15, 0.2) is 35.3 Å². The van der Waals surface area contributed by atoms with Gasteiger partial charge in [0, 0.05) is 31.6 Å². The molecular weight excluding hydrogens is 324 g/mol. The van der Waals surface area contributed by atoms with E-state index in [1.54, 1.807) is 0 Å². The van der Waals surface area contributed by atoms with Crippen molar-refractivity contribution in [3.05, 3.63) is 35.9 Å². The van der Waals surface area contributed by atoms with Gasteiger partial charge in [-0.3, -0.25) is 4.79 Å². The molecule has 5 heteroatoms. The molecule has 3 rings (SSSR count). The zero-order valence-electron chi connectivity index (χ0n) is 15.9. The van der Waals surface area contributed by atoms with Gasteiger partial charge >= 0.3 is 0 Å². The summed E-state index contributed by atoms with van der Waals surface area (Å²) >= 11 is 0. The van der Waals surface area contributed by atoms with E-state index in [2.05, 4.69) is 34.6 Å². The number of likely N-dealkylation sites (tertiary alicyclic amines) is 1. The SMILES string of the molecule is CCNC(=NCc1ccccc1)NC1CCN(C(=O)C2CCCCC2)C1. The zero-order valence-corrected chi connectivity index (χ0v) is 15.9. The van der Waals surface area contributed by atoms with Gasteiger partial charge in [0.1, 0.15) is 0 Å². The first-order chi connectivity index (χ1) is 12.8. The summed E-state index contributed by atoms with van der Waals surface area (Å²) in [6.07, 6.45) is 6.86. The molecule has 1 unspecified atom stereocenters. The molecule has 1 saturated carbocycles. The molecular formula is C21H32N4O. The second-order valence-corrected chi connectivity index (χ2v) is 7.43. The first-order valence-corrected chi connectivity index (χ1v) is 10.1. The molecule has 0 bridgehead atoms. The Morgan fingerprint density at radius 2 is 1.92 bits per heavy atom. The monoisotopic (exact) mass is 356 g/mol. The lowest BCUT2D eigenvalue weighted by Gasteiger charge is -2.26. The summed E-state index contributed by atoms with van der Waals surface area (Å²) < 4.78 is 0. The van der Waals surface area contributed by atoms with E-state index in [0.29, 0.717) is 12.5 Å². The molecule has 2 aliphatic rings. The van der Waals surface area contributed by atoms with Crippen LogP contribution in [0.2, 0.25) is 0 Å². The van der Waals surface area contributed by atoms with Crippen molar-refractivity contribution in [3.63, 3.8) is 0 Å². The Hall–Kier alpha value is -2.04. The standard InChI is InChI=1S/C21H32N4O/c1-2-22-21(23-15-17-9-5-3-6-10-17)24-19-13-14-25(16-19)20(26)18-11-7-4-8-12-18/h3,5-6,9-10,18-19H,2,4,7-8,11-16H2,1H3,(H2,22,23,24). The van der Waals surface area contributed by atoms with E-state index in [0.717, 1.165) is 44.9 Å². The molecule has 2 N–H and O–H groups in total. The Labute approximate surface area is 157 Å². The van der Waals surface area contributed by atoms with Crippen LogP contribution in [0.1, 0.15) is 51.0 Å². The molecule has 26 heavy (non-hydrogen) atoms. The molecule has 1 aliphatic heterocycles. The van der Waals surface area contributed by atoms with Crippen molar-refractivity contribution in [3.8, 4) is 0 Å². The number of nitrogens with zero attached hydrogens (tertiary/aromatic N) is 2. The number of rotatable bonds is 5. The van der Waals surface area contributed by atoms with E-state index in [-0.39, 0.29) is 12.0 Å². The third kappa shape index (κ3) is 5.23. The number of hydrogen-bond donors (Lipinski definition) is 2. The number of carbonyl (C=O) groups excluding carboxylic acids is 1. The Bertz CT molecular complexity index is 595. The largest absolute Gasteiger partial charge is 0.357 e. The number of aliphatic imine (C=N–C) groups is 1. The minimum atomic E-state index is 0.266. The highest BCUT2D eigenvalue weighted by Crippen LogP contribution is 2.26. The van der Waals surface area contributed by atoms with Crippen LogP contribution in [0, 0.1) is 5.92 Å². The summed E-state index contributed by atoms with van der Waals surface area (Å²) in [7, 11) is 0. The summed E-state index contributed by atoms with van der Waals surface area (Å²) in [6.45, 7) is 5.23. The van der Waals surface area contributed by atoms with Crippen LogP contribution in [0.5, 0.6) is 0 Å². The van der Waals surface area contributed by atoms with Gasteiger partial charge in [-0.1, -0.05) is 49.6 Å². The average molecular weight is 357 g/mol. The lowest BCUT2D eigenvalue weighted by molar-refractivity contribution is -0.135. The highest BCUT2D eigenvalue weighted by atomic mass is 16.2. The second kappa shape index (κ2) is 9.60. The minimum absolute atomic E-state index is 0.266. The van der Waals surface area contributed by atoms with E-state index < -0.39 is 0 Å². The number of nitrogens with one attached hydrogen (secondary N) is 2. The molecule has 1 heterocycles. The Balaban J connectivity index is 1.52. The molecule has 1 aliphatic carbocycles. The van der Waals surface area contributed by atoms with Crippen LogP contribution in [-0.2, 0) is 11.3 Å². The van der Waals surface area contributed by atoms with Crippen molar-refractivity contribution >= 4 is 11.9 Å². The molecule has 0 radical (unpaired) electrons. The van der Waals surface area contributed by atoms with E-state index >= 15 is 0 Å². The fourth-order valence-electron chi connectivity index (χ4n) is 3.95. The normalized spacial score (nSPS) is 21.7. The van der Waals surface area contributed by atoms with Crippen LogP contribution in [0.25, 0.3) is 0 Å². The number of benzene rings is 1. The fraction of sp³-hybridized carbons (Fsp3) is 0.619. The van der Waals surface area contributed by atoms with Crippen LogP contribution < -0.4 is 10.6 Å². The second-order valence-electron chi connectivity index (χ2n) is 7.43. The summed E-state index contributed by atoms with van der Waals surface area (Å²) in [6, 6.07) is 10.6. The molecule has 1 aromatic carbocycles. The summed E-state index contributed by atoms with van der Waals surface area (Å²) in [4.78, 5) is 19.5. The average Bonchev–Trinajstić information content (AvgIpc) is 3.16. The maximum atomic E-state index is 12.7. The van der Waals surface area contributed by atoms with Gasteiger partial charge < -0.3 is 15.5 Å². The van der Waals surface area contributed by atoms with Crippen LogP contribution >= 0.6 is 0 Å². The smallest absolute Gasteiger partial charge is 0.225 e. The lowest BCUT2D eigenvalue weighted by atomic mass is 9.88. The van der Waals surface area contributed by atoms with Gasteiger partial charge in [-0.2, -0.15) is 0 Å². The molecule has 2 fully saturated rings. The first kappa shape index (κ1) is 18.7. The number of amides is 1. The number of carbonyl (C=O) groups is 1. The van der Waals surface area contributed by atoms with Crippen molar-refractivity contribution in [2.24, 2.45) is 10.9 Å². The third-order valence-electron chi connectivity index (χ3n) is 5.40. The maximum absolute atomic E-state index is 12.7. The minimum Gasteiger partial charge on any atom is -0.357 e. The third-order valence-corrected chi connectivity index (χ3v) is 5.40. The highest BCUT2D eigenvalue weighted by Gasteiger charge is 2.31. The fourth-order valence-corrected chi connectivity index (χ4v) is 3.95. The quantitative estimate of drug-likeness (QED) is 0.630. The van der Waals surface area contributed by atoms with Gasteiger partial charge in [0.15, 0.2) is 5.96 Å². The predicted molar refractivity (Wildman–Crippen MR) is 106 cm³/mol. The van der Waals surface area contributed by atoms with Gasteiger partial charge in [-0.15, -0.1) is 0 Å². The van der Waals surface area contributed by atoms with Gasteiger partial charge in [0.05, 0.1) is 6.54 Å².